The Morgan fingerprint density at radius 3 is 2.74 bits per heavy atom. The first kappa shape index (κ1) is 13.5. The number of hydrogen-bond acceptors (Lipinski definition) is 6. The molecule has 1 aromatic heterocycles. The Balaban J connectivity index is 2.10. The number of rotatable bonds is 6. The zero-order chi connectivity index (χ0) is 13.8. The first-order valence-electron chi connectivity index (χ1n) is 6.45. The summed E-state index contributed by atoms with van der Waals surface area (Å²) >= 11 is 0. The van der Waals surface area contributed by atoms with Crippen molar-refractivity contribution in [3.63, 3.8) is 0 Å². The number of anilines is 1. The van der Waals surface area contributed by atoms with Crippen molar-refractivity contribution in [1.82, 2.24) is 9.97 Å². The van der Waals surface area contributed by atoms with Crippen molar-refractivity contribution in [1.29, 1.82) is 0 Å². The van der Waals surface area contributed by atoms with Crippen LogP contribution >= 0.6 is 0 Å². The van der Waals surface area contributed by atoms with Crippen LogP contribution in [0.1, 0.15) is 31.4 Å². The molecule has 1 fully saturated rings. The second kappa shape index (κ2) is 5.81. The van der Waals surface area contributed by atoms with Crippen LogP contribution in [0.4, 0.5) is 11.6 Å². The van der Waals surface area contributed by atoms with Gasteiger partial charge in [0.15, 0.2) is 0 Å². The monoisotopic (exact) mass is 266 g/mol. The van der Waals surface area contributed by atoms with Crippen molar-refractivity contribution in [2.75, 3.05) is 19.0 Å². The van der Waals surface area contributed by atoms with Crippen LogP contribution in [0.25, 0.3) is 0 Å². The van der Waals surface area contributed by atoms with Gasteiger partial charge in [-0.05, 0) is 19.3 Å². The first-order chi connectivity index (χ1) is 9.11. The quantitative estimate of drug-likeness (QED) is 0.627. The van der Waals surface area contributed by atoms with Gasteiger partial charge in [0.2, 0.25) is 5.95 Å². The Labute approximate surface area is 111 Å². The van der Waals surface area contributed by atoms with E-state index in [1.54, 1.807) is 14.0 Å². The maximum absolute atomic E-state index is 11.0. The topological polar surface area (TPSA) is 90.2 Å². The van der Waals surface area contributed by atoms with Crippen LogP contribution < -0.4 is 10.1 Å². The summed E-state index contributed by atoms with van der Waals surface area (Å²) in [5, 5.41) is 13.8. The highest BCUT2D eigenvalue weighted by molar-refractivity contribution is 5.48. The van der Waals surface area contributed by atoms with E-state index in [1.807, 2.05) is 0 Å². The first-order valence-corrected chi connectivity index (χ1v) is 6.45. The molecule has 0 bridgehead atoms. The number of aryl methyl sites for hydroxylation is 1. The molecule has 1 N–H and O–H groups in total. The van der Waals surface area contributed by atoms with Gasteiger partial charge in [-0.25, -0.2) is 4.98 Å². The lowest BCUT2D eigenvalue weighted by Gasteiger charge is -2.24. The SMILES string of the molecule is CNc1nc(C)c([N+](=O)[O-])c(OCCC2CCC2)n1. The zero-order valence-electron chi connectivity index (χ0n) is 11.2. The van der Waals surface area contributed by atoms with E-state index in [1.165, 1.54) is 19.3 Å². The van der Waals surface area contributed by atoms with E-state index in [-0.39, 0.29) is 11.6 Å². The van der Waals surface area contributed by atoms with Crippen LogP contribution in [0.2, 0.25) is 0 Å². The highest BCUT2D eigenvalue weighted by Gasteiger charge is 2.24. The van der Waals surface area contributed by atoms with Crippen LogP contribution in [-0.4, -0.2) is 28.5 Å². The lowest BCUT2D eigenvalue weighted by molar-refractivity contribution is -0.387. The van der Waals surface area contributed by atoms with Gasteiger partial charge in [0, 0.05) is 7.05 Å². The normalized spacial score (nSPS) is 14.8. The van der Waals surface area contributed by atoms with Crippen molar-refractivity contribution in [2.24, 2.45) is 5.92 Å². The summed E-state index contributed by atoms with van der Waals surface area (Å²) in [5.74, 6) is 1.09. The molecule has 1 aliphatic carbocycles. The number of ether oxygens (including phenoxy) is 1. The lowest BCUT2D eigenvalue weighted by atomic mass is 9.83. The maximum atomic E-state index is 11.0. The summed E-state index contributed by atoms with van der Waals surface area (Å²) in [6.07, 6.45) is 4.67. The molecule has 1 aliphatic rings. The number of nitrogens with zero attached hydrogens (tertiary/aromatic N) is 3. The number of hydrogen-bond donors (Lipinski definition) is 1. The Hall–Kier alpha value is -1.92. The van der Waals surface area contributed by atoms with Crippen molar-refractivity contribution in [2.45, 2.75) is 32.6 Å². The molecular formula is C12H18N4O3. The molecule has 0 spiro atoms. The van der Waals surface area contributed by atoms with Crippen LogP contribution in [-0.2, 0) is 0 Å². The molecule has 2 rings (SSSR count). The fourth-order valence-electron chi connectivity index (χ4n) is 2.07. The van der Waals surface area contributed by atoms with Crippen LogP contribution in [0.15, 0.2) is 0 Å². The highest BCUT2D eigenvalue weighted by atomic mass is 16.6. The van der Waals surface area contributed by atoms with Gasteiger partial charge >= 0.3 is 5.69 Å². The van der Waals surface area contributed by atoms with Gasteiger partial charge in [-0.2, -0.15) is 4.98 Å². The van der Waals surface area contributed by atoms with Crippen molar-refractivity contribution >= 4 is 11.6 Å². The third-order valence-corrected chi connectivity index (χ3v) is 3.42. The van der Waals surface area contributed by atoms with Gasteiger partial charge in [0.05, 0.1) is 11.5 Å². The minimum atomic E-state index is -0.493. The summed E-state index contributed by atoms with van der Waals surface area (Å²) in [7, 11) is 1.67. The summed E-state index contributed by atoms with van der Waals surface area (Å²) < 4.78 is 5.50. The molecule has 7 nitrogen and oxygen atoms in total. The molecular weight excluding hydrogens is 248 g/mol. The highest BCUT2D eigenvalue weighted by Crippen LogP contribution is 2.31. The molecule has 1 heterocycles. The molecule has 7 heteroatoms. The fraction of sp³-hybridized carbons (Fsp3) is 0.667. The van der Waals surface area contributed by atoms with E-state index in [0.29, 0.717) is 24.2 Å². The molecule has 0 radical (unpaired) electrons. The smallest absolute Gasteiger partial charge is 0.352 e. The molecule has 0 saturated heterocycles. The third kappa shape index (κ3) is 3.10. The maximum Gasteiger partial charge on any atom is 0.352 e. The zero-order valence-corrected chi connectivity index (χ0v) is 11.2. The van der Waals surface area contributed by atoms with E-state index in [4.69, 9.17) is 4.74 Å². The van der Waals surface area contributed by atoms with Gasteiger partial charge in [-0.3, -0.25) is 10.1 Å². The van der Waals surface area contributed by atoms with E-state index >= 15 is 0 Å². The Morgan fingerprint density at radius 2 is 2.21 bits per heavy atom. The molecule has 0 aliphatic heterocycles. The van der Waals surface area contributed by atoms with Gasteiger partial charge in [-0.15, -0.1) is 0 Å². The summed E-state index contributed by atoms with van der Waals surface area (Å²) in [5.41, 5.74) is 0.163. The molecule has 0 unspecified atom stereocenters. The minimum Gasteiger partial charge on any atom is -0.473 e. The van der Waals surface area contributed by atoms with Crippen molar-refractivity contribution in [3.05, 3.63) is 15.8 Å². The number of aromatic nitrogens is 2. The second-order valence-electron chi connectivity index (χ2n) is 4.73. The van der Waals surface area contributed by atoms with Crippen LogP contribution in [0.5, 0.6) is 5.88 Å². The molecule has 1 aromatic rings. The standard InChI is InChI=1S/C12H18N4O3/c1-8-10(16(17)18)11(15-12(13-2)14-8)19-7-6-9-4-3-5-9/h9H,3-7H2,1-2H3,(H,13,14,15). The molecule has 19 heavy (non-hydrogen) atoms. The summed E-state index contributed by atoms with van der Waals surface area (Å²) in [4.78, 5) is 18.6. The van der Waals surface area contributed by atoms with Crippen LogP contribution in [0.3, 0.4) is 0 Å². The van der Waals surface area contributed by atoms with Crippen molar-refractivity contribution < 1.29 is 9.66 Å². The van der Waals surface area contributed by atoms with Gasteiger partial charge in [-0.1, -0.05) is 19.3 Å². The van der Waals surface area contributed by atoms with Gasteiger partial charge in [0.25, 0.3) is 5.88 Å². The average Bonchev–Trinajstić information content (AvgIpc) is 2.31. The predicted molar refractivity (Wildman–Crippen MR) is 70.4 cm³/mol. The Morgan fingerprint density at radius 1 is 1.47 bits per heavy atom. The largest absolute Gasteiger partial charge is 0.473 e. The minimum absolute atomic E-state index is 0.0566. The van der Waals surface area contributed by atoms with Gasteiger partial charge in [0.1, 0.15) is 5.69 Å². The molecule has 0 aromatic carbocycles. The Bertz CT molecular complexity index is 474. The predicted octanol–water partition coefficient (Wildman–Crippen LogP) is 2.30. The molecule has 0 atom stereocenters. The third-order valence-electron chi connectivity index (χ3n) is 3.42. The summed E-state index contributed by atoms with van der Waals surface area (Å²) in [6.45, 7) is 2.05. The van der Waals surface area contributed by atoms with Crippen LogP contribution in [0, 0.1) is 23.0 Å². The second-order valence-corrected chi connectivity index (χ2v) is 4.73. The van der Waals surface area contributed by atoms with E-state index in [9.17, 15) is 10.1 Å². The summed E-state index contributed by atoms with van der Waals surface area (Å²) in [6, 6.07) is 0. The molecule has 104 valence electrons. The fourth-order valence-corrected chi connectivity index (χ4v) is 2.07. The molecule has 0 amide bonds. The van der Waals surface area contributed by atoms with Crippen molar-refractivity contribution in [3.8, 4) is 5.88 Å². The van der Waals surface area contributed by atoms with E-state index in [0.717, 1.165) is 6.42 Å². The van der Waals surface area contributed by atoms with E-state index < -0.39 is 4.92 Å². The lowest BCUT2D eigenvalue weighted by Crippen LogP contribution is -2.15. The Kier molecular flexibility index (Phi) is 4.13. The van der Waals surface area contributed by atoms with Gasteiger partial charge < -0.3 is 10.1 Å². The number of nitro groups is 1. The number of nitrogens with one attached hydrogen (secondary N) is 1. The molecule has 1 saturated carbocycles. The average molecular weight is 266 g/mol. The van der Waals surface area contributed by atoms with E-state index in [2.05, 4.69) is 15.3 Å².